The number of fused-ring (bicyclic) bond motifs is 1. The van der Waals surface area contributed by atoms with Gasteiger partial charge in [0.05, 0.1) is 11.1 Å². The first kappa shape index (κ1) is 31.8. The Morgan fingerprint density at radius 2 is 0.932 bits per heavy atom. The molecule has 4 rings (SSSR count). The smallest absolute Gasteiger partial charge is 0.426 e. The SMILES string of the molecule is C=C(C)C(=O)OCc1ccc(C(F)(F)Oc2cccc3c(OC(F)(F)c4ccc(COC(=O)C(=C)C)cc4)cccc23)cc1. The van der Waals surface area contributed by atoms with Gasteiger partial charge in [-0.1, -0.05) is 61.7 Å². The molecule has 0 N–H and O–H groups in total. The second-order valence-electron chi connectivity index (χ2n) is 9.95. The van der Waals surface area contributed by atoms with Crippen LogP contribution in [0, 0.1) is 0 Å². The van der Waals surface area contributed by atoms with Gasteiger partial charge in [-0.15, -0.1) is 0 Å². The molecule has 4 aromatic rings. The standard InChI is InChI=1S/C34H28F4O6/c1-21(2)31(39)41-19-23-11-15-25(16-12-23)33(35,36)43-29-9-5-8-28-27(29)7-6-10-30(28)44-34(37,38)26-17-13-24(14-18-26)20-42-32(40)22(3)4/h5-18H,1,3,19-20H2,2,4H3. The van der Waals surface area contributed by atoms with Crippen molar-refractivity contribution in [1.82, 2.24) is 0 Å². The number of halogens is 4. The Morgan fingerprint density at radius 3 is 1.25 bits per heavy atom. The van der Waals surface area contributed by atoms with Crippen molar-refractivity contribution in [3.8, 4) is 11.5 Å². The maximum Gasteiger partial charge on any atom is 0.426 e. The highest BCUT2D eigenvalue weighted by molar-refractivity contribution is 5.93. The molecular weight excluding hydrogens is 580 g/mol. The summed E-state index contributed by atoms with van der Waals surface area (Å²) >= 11 is 0. The molecule has 0 aliphatic carbocycles. The van der Waals surface area contributed by atoms with E-state index < -0.39 is 35.3 Å². The van der Waals surface area contributed by atoms with Crippen molar-refractivity contribution >= 4 is 22.7 Å². The number of rotatable bonds is 12. The van der Waals surface area contributed by atoms with E-state index in [2.05, 4.69) is 13.2 Å². The number of alkyl halides is 4. The topological polar surface area (TPSA) is 71.1 Å². The van der Waals surface area contributed by atoms with Crippen LogP contribution in [-0.2, 0) is 44.5 Å². The Hall–Kier alpha value is -5.12. The summed E-state index contributed by atoms with van der Waals surface area (Å²) in [6, 6.07) is 18.3. The fourth-order valence-corrected chi connectivity index (χ4v) is 3.96. The molecule has 0 spiro atoms. The van der Waals surface area contributed by atoms with Crippen LogP contribution in [0.15, 0.2) is 109 Å². The summed E-state index contributed by atoms with van der Waals surface area (Å²) in [7, 11) is 0. The summed E-state index contributed by atoms with van der Waals surface area (Å²) in [5, 5.41) is 0.247. The minimum absolute atomic E-state index is 0.121. The first-order chi connectivity index (χ1) is 20.8. The lowest BCUT2D eigenvalue weighted by molar-refractivity contribution is -0.186. The van der Waals surface area contributed by atoms with Gasteiger partial charge in [0.25, 0.3) is 0 Å². The zero-order chi connectivity index (χ0) is 32.1. The molecule has 0 fully saturated rings. The van der Waals surface area contributed by atoms with Gasteiger partial charge in [-0.25, -0.2) is 9.59 Å². The number of ether oxygens (including phenoxy) is 4. The molecule has 10 heteroatoms. The molecule has 4 aromatic carbocycles. The fourth-order valence-electron chi connectivity index (χ4n) is 3.96. The average molecular weight is 609 g/mol. The molecule has 0 atom stereocenters. The van der Waals surface area contributed by atoms with Crippen LogP contribution in [0.1, 0.15) is 36.1 Å². The Labute approximate surface area is 251 Å². The predicted molar refractivity (Wildman–Crippen MR) is 155 cm³/mol. The lowest BCUT2D eigenvalue weighted by atomic mass is 10.1. The average Bonchev–Trinajstić information content (AvgIpc) is 2.99. The molecule has 0 saturated carbocycles. The Bertz CT molecular complexity index is 1570. The van der Waals surface area contributed by atoms with Crippen LogP contribution in [0.3, 0.4) is 0 Å². The molecule has 0 saturated heterocycles. The number of carbonyl (C=O) groups excluding carboxylic acids is 2. The molecule has 0 radical (unpaired) electrons. The van der Waals surface area contributed by atoms with Crippen LogP contribution >= 0.6 is 0 Å². The normalized spacial score (nSPS) is 11.5. The zero-order valence-electron chi connectivity index (χ0n) is 23.9. The van der Waals surface area contributed by atoms with Gasteiger partial charge in [0.15, 0.2) is 0 Å². The van der Waals surface area contributed by atoms with Crippen molar-refractivity contribution in [3.63, 3.8) is 0 Å². The first-order valence-corrected chi connectivity index (χ1v) is 13.3. The molecule has 6 nitrogen and oxygen atoms in total. The molecule has 0 unspecified atom stereocenters. The number of hydrogen-bond donors (Lipinski definition) is 0. The molecule has 228 valence electrons. The third-order valence-electron chi connectivity index (χ3n) is 6.34. The summed E-state index contributed by atoms with van der Waals surface area (Å²) < 4.78 is 81.0. The highest BCUT2D eigenvalue weighted by Gasteiger charge is 2.37. The number of esters is 2. The van der Waals surface area contributed by atoms with Crippen molar-refractivity contribution in [2.75, 3.05) is 0 Å². The molecule has 0 bridgehead atoms. The summed E-state index contributed by atoms with van der Waals surface area (Å²) in [6.07, 6.45) is -7.58. The highest BCUT2D eigenvalue weighted by atomic mass is 19.3. The van der Waals surface area contributed by atoms with Crippen LogP contribution in [0.2, 0.25) is 0 Å². The molecule has 0 heterocycles. The summed E-state index contributed by atoms with van der Waals surface area (Å²) in [5.74, 6) is -1.71. The quantitative estimate of drug-likeness (QED) is 0.0915. The van der Waals surface area contributed by atoms with Gasteiger partial charge in [-0.3, -0.25) is 0 Å². The maximum absolute atomic E-state index is 15.2. The number of hydrogen-bond acceptors (Lipinski definition) is 6. The predicted octanol–water partition coefficient (Wildman–Crippen LogP) is 8.34. The van der Waals surface area contributed by atoms with Crippen molar-refractivity contribution in [2.45, 2.75) is 39.3 Å². The van der Waals surface area contributed by atoms with Crippen molar-refractivity contribution < 1.29 is 46.1 Å². The van der Waals surface area contributed by atoms with E-state index in [0.717, 1.165) is 24.3 Å². The van der Waals surface area contributed by atoms with Gasteiger partial charge in [0.2, 0.25) is 0 Å². The van der Waals surface area contributed by atoms with Crippen molar-refractivity contribution in [1.29, 1.82) is 0 Å². The van der Waals surface area contributed by atoms with E-state index in [0.29, 0.717) is 11.1 Å². The van der Waals surface area contributed by atoms with Gasteiger partial charge < -0.3 is 18.9 Å². The van der Waals surface area contributed by atoms with E-state index in [1.165, 1.54) is 74.5 Å². The lowest BCUT2D eigenvalue weighted by Gasteiger charge is -2.22. The summed E-state index contributed by atoms with van der Waals surface area (Å²) in [4.78, 5) is 23.1. The molecule has 0 aliphatic rings. The third-order valence-corrected chi connectivity index (χ3v) is 6.34. The molecule has 44 heavy (non-hydrogen) atoms. The van der Waals surface area contributed by atoms with E-state index in [1.807, 2.05) is 0 Å². The number of benzene rings is 4. The minimum atomic E-state index is -3.79. The maximum atomic E-state index is 15.2. The fraction of sp³-hybridized carbons (Fsp3) is 0.176. The Kier molecular flexibility index (Phi) is 9.42. The third kappa shape index (κ3) is 7.63. The lowest BCUT2D eigenvalue weighted by Crippen LogP contribution is -2.22. The Balaban J connectivity index is 1.50. The monoisotopic (exact) mass is 608 g/mol. The summed E-state index contributed by atoms with van der Waals surface area (Å²) in [5.41, 5.74) is 0.440. The second kappa shape index (κ2) is 13.0. The summed E-state index contributed by atoms with van der Waals surface area (Å²) in [6.45, 7) is 9.70. The second-order valence-corrected chi connectivity index (χ2v) is 9.95. The molecule has 0 aliphatic heterocycles. The minimum Gasteiger partial charge on any atom is -0.457 e. The zero-order valence-corrected chi connectivity index (χ0v) is 23.9. The largest absolute Gasteiger partial charge is 0.457 e. The molecule has 0 amide bonds. The van der Waals surface area contributed by atoms with Gasteiger partial charge in [-0.2, -0.15) is 17.6 Å². The van der Waals surface area contributed by atoms with Crippen LogP contribution in [0.25, 0.3) is 10.8 Å². The van der Waals surface area contributed by atoms with E-state index >= 15 is 17.6 Å². The number of carbonyl (C=O) groups is 2. The molecular formula is C34H28F4O6. The van der Waals surface area contributed by atoms with E-state index in [-0.39, 0.29) is 46.6 Å². The van der Waals surface area contributed by atoms with E-state index in [4.69, 9.17) is 18.9 Å². The van der Waals surface area contributed by atoms with Crippen LogP contribution in [0.4, 0.5) is 17.6 Å². The van der Waals surface area contributed by atoms with Gasteiger partial charge in [0.1, 0.15) is 24.7 Å². The van der Waals surface area contributed by atoms with E-state index in [1.54, 1.807) is 0 Å². The molecule has 0 aromatic heterocycles. The van der Waals surface area contributed by atoms with Gasteiger partial charge in [-0.05, 0) is 61.4 Å². The van der Waals surface area contributed by atoms with Gasteiger partial charge >= 0.3 is 24.2 Å². The van der Waals surface area contributed by atoms with Gasteiger partial charge in [0, 0.05) is 21.9 Å². The van der Waals surface area contributed by atoms with Crippen LogP contribution in [-0.4, -0.2) is 11.9 Å². The highest BCUT2D eigenvalue weighted by Crippen LogP contribution is 2.40. The van der Waals surface area contributed by atoms with Crippen molar-refractivity contribution in [3.05, 3.63) is 131 Å². The Morgan fingerprint density at radius 1 is 0.591 bits per heavy atom. The van der Waals surface area contributed by atoms with E-state index in [9.17, 15) is 9.59 Å². The van der Waals surface area contributed by atoms with Crippen LogP contribution in [0.5, 0.6) is 11.5 Å². The van der Waals surface area contributed by atoms with Crippen LogP contribution < -0.4 is 9.47 Å². The first-order valence-electron chi connectivity index (χ1n) is 13.3. The van der Waals surface area contributed by atoms with Crippen molar-refractivity contribution in [2.24, 2.45) is 0 Å².